The number of esters is 1. The number of hydrogen-bond acceptors (Lipinski definition) is 8. The van der Waals surface area contributed by atoms with Crippen LogP contribution in [0.25, 0.3) is 6.08 Å². The lowest BCUT2D eigenvalue weighted by atomic mass is 10.1. The van der Waals surface area contributed by atoms with E-state index in [2.05, 4.69) is 5.32 Å². The van der Waals surface area contributed by atoms with Crippen molar-refractivity contribution in [3.63, 3.8) is 0 Å². The van der Waals surface area contributed by atoms with Crippen LogP contribution in [0.15, 0.2) is 41.3 Å². The molecule has 3 amide bonds. The number of aryl methyl sites for hydroxylation is 2. The van der Waals surface area contributed by atoms with Crippen molar-refractivity contribution in [1.82, 2.24) is 4.90 Å². The summed E-state index contributed by atoms with van der Waals surface area (Å²) in [5.74, 6) is -0.813. The molecule has 3 rings (SSSR count). The summed E-state index contributed by atoms with van der Waals surface area (Å²) in [7, 11) is 1.46. The number of thioether (sulfide) groups is 1. The van der Waals surface area contributed by atoms with Gasteiger partial charge in [0.05, 0.1) is 18.6 Å². The molecule has 9 nitrogen and oxygen atoms in total. The normalized spacial score (nSPS) is 14.2. The number of nitrogens with one attached hydrogen (secondary N) is 1. The molecule has 37 heavy (non-hydrogen) atoms. The minimum Gasteiger partial charge on any atom is -0.493 e. The van der Waals surface area contributed by atoms with Crippen molar-refractivity contribution in [1.29, 1.82) is 0 Å². The van der Waals surface area contributed by atoms with E-state index in [1.54, 1.807) is 18.2 Å². The van der Waals surface area contributed by atoms with E-state index in [-0.39, 0.29) is 24.0 Å². The molecular formula is C27H30N2O7S. The monoisotopic (exact) mass is 526 g/mol. The first-order valence-corrected chi connectivity index (χ1v) is 12.6. The molecule has 0 radical (unpaired) electrons. The number of carbonyl (C=O) groups is 4. The minimum absolute atomic E-state index is 0.176. The maximum atomic E-state index is 12.7. The van der Waals surface area contributed by atoms with Crippen molar-refractivity contribution in [3.8, 4) is 11.5 Å². The maximum Gasteiger partial charge on any atom is 0.326 e. The van der Waals surface area contributed by atoms with Gasteiger partial charge in [-0.25, -0.2) is 0 Å². The predicted octanol–water partition coefficient (Wildman–Crippen LogP) is 4.71. The third-order valence-electron chi connectivity index (χ3n) is 5.56. The van der Waals surface area contributed by atoms with Gasteiger partial charge in [-0.15, -0.1) is 0 Å². The summed E-state index contributed by atoms with van der Waals surface area (Å²) in [4.78, 5) is 50.3. The van der Waals surface area contributed by atoms with Gasteiger partial charge in [-0.05, 0) is 79.1 Å². The molecule has 1 aliphatic heterocycles. The lowest BCUT2D eigenvalue weighted by Gasteiger charge is -2.12. The van der Waals surface area contributed by atoms with Crippen molar-refractivity contribution < 1.29 is 33.4 Å². The lowest BCUT2D eigenvalue weighted by Crippen LogP contribution is -2.34. The molecule has 1 fully saturated rings. The zero-order valence-corrected chi connectivity index (χ0v) is 22.1. The highest BCUT2D eigenvalue weighted by Gasteiger charge is 2.36. The average molecular weight is 527 g/mol. The van der Waals surface area contributed by atoms with Gasteiger partial charge in [0.1, 0.15) is 6.54 Å². The Balaban J connectivity index is 1.62. The number of ether oxygens (including phenoxy) is 3. The van der Waals surface area contributed by atoms with Crippen molar-refractivity contribution in [2.24, 2.45) is 0 Å². The van der Waals surface area contributed by atoms with Gasteiger partial charge < -0.3 is 19.5 Å². The highest BCUT2D eigenvalue weighted by Crippen LogP contribution is 2.34. The van der Waals surface area contributed by atoms with Crippen LogP contribution in [0.3, 0.4) is 0 Å². The first-order chi connectivity index (χ1) is 17.7. The zero-order valence-electron chi connectivity index (χ0n) is 21.3. The Bertz CT molecular complexity index is 1230. The second-order valence-electron chi connectivity index (χ2n) is 8.39. The topological polar surface area (TPSA) is 111 Å². The summed E-state index contributed by atoms with van der Waals surface area (Å²) in [5, 5.41) is 2.26. The Morgan fingerprint density at radius 1 is 1.05 bits per heavy atom. The van der Waals surface area contributed by atoms with Gasteiger partial charge in [-0.2, -0.15) is 0 Å². The Hall–Kier alpha value is -3.79. The number of methoxy groups -OCH3 is 1. The first-order valence-electron chi connectivity index (χ1n) is 11.8. The van der Waals surface area contributed by atoms with Crippen molar-refractivity contribution in [3.05, 3.63) is 58.0 Å². The molecule has 10 heteroatoms. The van der Waals surface area contributed by atoms with Crippen molar-refractivity contribution >= 4 is 46.5 Å². The molecule has 1 N–H and O–H groups in total. The molecule has 0 aliphatic carbocycles. The van der Waals surface area contributed by atoms with Gasteiger partial charge in [-0.1, -0.05) is 25.5 Å². The third kappa shape index (κ3) is 7.60. The number of benzene rings is 2. The molecule has 0 bridgehead atoms. The van der Waals surface area contributed by atoms with Crippen LogP contribution in [-0.2, 0) is 19.1 Å². The minimum atomic E-state index is -0.623. The van der Waals surface area contributed by atoms with E-state index in [0.29, 0.717) is 29.2 Å². The summed E-state index contributed by atoms with van der Waals surface area (Å²) < 4.78 is 16.1. The number of amides is 3. The number of unbranched alkanes of at least 4 members (excludes halogenated alkanes) is 1. The van der Waals surface area contributed by atoms with Crippen molar-refractivity contribution in [2.75, 3.05) is 32.2 Å². The van der Waals surface area contributed by atoms with Crippen LogP contribution in [-0.4, -0.2) is 54.8 Å². The molecule has 0 atom stereocenters. The van der Waals surface area contributed by atoms with Crippen LogP contribution in [0.1, 0.15) is 36.5 Å². The Morgan fingerprint density at radius 2 is 1.84 bits per heavy atom. The SMILES string of the molecule is CCCCOC(=O)CN1C(=O)S/C(=C/c2ccc(OCC(=O)Nc3ccc(C)c(C)c3)c(OC)c2)C1=O. The molecule has 0 saturated carbocycles. The average Bonchev–Trinajstić information content (AvgIpc) is 3.12. The summed E-state index contributed by atoms with van der Waals surface area (Å²) in [6.07, 6.45) is 3.11. The number of carbonyl (C=O) groups excluding carboxylic acids is 4. The molecule has 2 aromatic rings. The molecule has 0 spiro atoms. The fourth-order valence-electron chi connectivity index (χ4n) is 3.35. The fraction of sp³-hybridized carbons (Fsp3) is 0.333. The fourth-order valence-corrected chi connectivity index (χ4v) is 4.18. The van der Waals surface area contributed by atoms with Crippen LogP contribution in [0, 0.1) is 13.8 Å². The summed E-state index contributed by atoms with van der Waals surface area (Å²) in [5.41, 5.74) is 3.47. The van der Waals surface area contributed by atoms with Crippen LogP contribution < -0.4 is 14.8 Å². The van der Waals surface area contributed by atoms with Crippen LogP contribution in [0.2, 0.25) is 0 Å². The Morgan fingerprint density at radius 3 is 2.54 bits per heavy atom. The third-order valence-corrected chi connectivity index (χ3v) is 6.46. The predicted molar refractivity (Wildman–Crippen MR) is 142 cm³/mol. The number of anilines is 1. The van der Waals surface area contributed by atoms with Gasteiger partial charge in [-0.3, -0.25) is 24.1 Å². The van der Waals surface area contributed by atoms with Gasteiger partial charge in [0.15, 0.2) is 18.1 Å². The highest BCUT2D eigenvalue weighted by molar-refractivity contribution is 8.18. The van der Waals surface area contributed by atoms with E-state index < -0.39 is 23.7 Å². The van der Waals surface area contributed by atoms with Crippen LogP contribution in [0.4, 0.5) is 10.5 Å². The van der Waals surface area contributed by atoms with Gasteiger partial charge in [0, 0.05) is 5.69 Å². The van der Waals surface area contributed by atoms with E-state index in [9.17, 15) is 19.2 Å². The van der Waals surface area contributed by atoms with Gasteiger partial charge in [0.25, 0.3) is 17.1 Å². The van der Waals surface area contributed by atoms with E-state index in [1.807, 2.05) is 39.0 Å². The molecule has 1 saturated heterocycles. The zero-order chi connectivity index (χ0) is 26.9. The van der Waals surface area contributed by atoms with E-state index >= 15 is 0 Å². The summed E-state index contributed by atoms with van der Waals surface area (Å²) >= 11 is 0.747. The molecular weight excluding hydrogens is 496 g/mol. The molecule has 0 unspecified atom stereocenters. The number of nitrogens with zero attached hydrogens (tertiary/aromatic N) is 1. The number of imide groups is 1. The Labute approximate surface area is 220 Å². The maximum absolute atomic E-state index is 12.7. The van der Waals surface area contributed by atoms with E-state index in [1.165, 1.54) is 13.2 Å². The van der Waals surface area contributed by atoms with Gasteiger partial charge in [0.2, 0.25) is 0 Å². The van der Waals surface area contributed by atoms with Crippen LogP contribution >= 0.6 is 11.8 Å². The molecule has 1 heterocycles. The second-order valence-corrected chi connectivity index (χ2v) is 9.38. The Kier molecular flexibility index (Phi) is 9.73. The molecule has 0 aromatic heterocycles. The summed E-state index contributed by atoms with van der Waals surface area (Å²) in [6, 6.07) is 10.6. The standard InChI is InChI=1S/C27H30N2O7S/c1-5-6-11-35-25(31)15-29-26(32)23(37-27(29)33)14-19-8-10-21(22(13-19)34-4)36-16-24(30)28-20-9-7-17(2)18(3)12-20/h7-10,12-14H,5-6,11,15-16H2,1-4H3,(H,28,30)/b23-14+. The van der Waals surface area contributed by atoms with Crippen molar-refractivity contribution in [2.45, 2.75) is 33.6 Å². The summed E-state index contributed by atoms with van der Waals surface area (Å²) in [6.45, 7) is 5.53. The van der Waals surface area contributed by atoms with Crippen LogP contribution in [0.5, 0.6) is 11.5 Å². The molecule has 1 aliphatic rings. The number of rotatable bonds is 11. The second kappa shape index (κ2) is 13.0. The van der Waals surface area contributed by atoms with E-state index in [4.69, 9.17) is 14.2 Å². The lowest BCUT2D eigenvalue weighted by molar-refractivity contribution is -0.146. The molecule has 196 valence electrons. The molecule has 2 aromatic carbocycles. The smallest absolute Gasteiger partial charge is 0.326 e. The highest BCUT2D eigenvalue weighted by atomic mass is 32.2. The number of hydrogen-bond donors (Lipinski definition) is 1. The van der Waals surface area contributed by atoms with Gasteiger partial charge >= 0.3 is 5.97 Å². The largest absolute Gasteiger partial charge is 0.493 e. The quantitative estimate of drug-likeness (QED) is 0.255. The van der Waals surface area contributed by atoms with E-state index in [0.717, 1.165) is 34.2 Å². The first kappa shape index (κ1) is 27.8.